The number of hydrogen-bond donors (Lipinski definition) is 1. The Morgan fingerprint density at radius 2 is 2.13 bits per heavy atom. The predicted octanol–water partition coefficient (Wildman–Crippen LogP) is 1.53. The Morgan fingerprint density at radius 1 is 1.27 bits per heavy atom. The van der Waals surface area contributed by atoms with Gasteiger partial charge in [0, 0.05) is 24.2 Å². The summed E-state index contributed by atoms with van der Waals surface area (Å²) in [4.78, 5) is 4.40. The first-order valence-corrected chi connectivity index (χ1v) is 5.57. The second-order valence-corrected chi connectivity index (χ2v) is 3.88. The Hall–Kier alpha value is -1.33. The van der Waals surface area contributed by atoms with Crippen LogP contribution in [0.5, 0.6) is 0 Å². The van der Waals surface area contributed by atoms with Crippen LogP contribution in [-0.2, 0) is 13.1 Å². The highest BCUT2D eigenvalue weighted by Gasteiger charge is 1.97. The van der Waals surface area contributed by atoms with E-state index >= 15 is 0 Å². The van der Waals surface area contributed by atoms with Gasteiger partial charge in [0.05, 0.1) is 11.4 Å². The van der Waals surface area contributed by atoms with Gasteiger partial charge in [-0.05, 0) is 30.6 Å². The van der Waals surface area contributed by atoms with Gasteiger partial charge in [-0.2, -0.15) is 0 Å². The van der Waals surface area contributed by atoms with Gasteiger partial charge in [-0.25, -0.2) is 0 Å². The first kappa shape index (κ1) is 10.2. The summed E-state index contributed by atoms with van der Waals surface area (Å²) in [6, 6.07) is 6.02. The van der Waals surface area contributed by atoms with Crippen molar-refractivity contribution >= 4 is 11.5 Å². The minimum atomic E-state index is 0.742. The maximum absolute atomic E-state index is 4.40. The summed E-state index contributed by atoms with van der Waals surface area (Å²) in [5.41, 5.74) is 3.08. The average Bonchev–Trinajstić information content (AvgIpc) is 2.71. The summed E-state index contributed by atoms with van der Waals surface area (Å²) in [5, 5.41) is 9.16. The maximum Gasteiger partial charge on any atom is 0.0893 e. The van der Waals surface area contributed by atoms with E-state index in [1.807, 2.05) is 30.5 Å². The first-order chi connectivity index (χ1) is 7.34. The summed E-state index contributed by atoms with van der Waals surface area (Å²) >= 11 is 1.37. The molecule has 0 bridgehead atoms. The molecular weight excluding hydrogens is 208 g/mol. The molecule has 0 radical (unpaired) electrons. The van der Waals surface area contributed by atoms with Crippen molar-refractivity contribution < 1.29 is 0 Å². The molecule has 2 rings (SSSR count). The Kier molecular flexibility index (Phi) is 3.37. The molecule has 1 N–H and O–H groups in total. The zero-order chi connectivity index (χ0) is 10.5. The summed E-state index contributed by atoms with van der Waals surface area (Å²) < 4.78 is 3.80. The minimum absolute atomic E-state index is 0.742. The van der Waals surface area contributed by atoms with Crippen LogP contribution in [-0.4, -0.2) is 14.6 Å². The number of aromatic nitrogens is 3. The molecule has 4 nitrogen and oxygen atoms in total. The second kappa shape index (κ2) is 4.95. The Balaban J connectivity index is 1.83. The Bertz CT molecular complexity index is 413. The fourth-order valence-electron chi connectivity index (χ4n) is 1.28. The van der Waals surface area contributed by atoms with Crippen LogP contribution in [0.1, 0.15) is 17.1 Å². The lowest BCUT2D eigenvalue weighted by atomic mass is 10.3. The third-order valence-electron chi connectivity index (χ3n) is 1.96. The summed E-state index contributed by atoms with van der Waals surface area (Å²) in [6.07, 6.45) is 0. The number of rotatable bonds is 4. The van der Waals surface area contributed by atoms with E-state index in [2.05, 4.69) is 19.9 Å². The maximum atomic E-state index is 4.40. The Morgan fingerprint density at radius 3 is 2.87 bits per heavy atom. The van der Waals surface area contributed by atoms with Crippen LogP contribution in [0.4, 0.5) is 0 Å². The minimum Gasteiger partial charge on any atom is -0.305 e. The van der Waals surface area contributed by atoms with E-state index in [4.69, 9.17) is 0 Å². The topological polar surface area (TPSA) is 50.7 Å². The third kappa shape index (κ3) is 3.07. The van der Waals surface area contributed by atoms with E-state index in [-0.39, 0.29) is 0 Å². The summed E-state index contributed by atoms with van der Waals surface area (Å²) in [5.74, 6) is 0. The average molecular weight is 220 g/mol. The highest BCUT2D eigenvalue weighted by Crippen LogP contribution is 1.99. The first-order valence-electron chi connectivity index (χ1n) is 4.74. The van der Waals surface area contributed by atoms with Crippen LogP contribution < -0.4 is 5.32 Å². The van der Waals surface area contributed by atoms with Gasteiger partial charge in [0.15, 0.2) is 0 Å². The number of nitrogens with zero attached hydrogens (tertiary/aromatic N) is 3. The molecule has 78 valence electrons. The number of hydrogen-bond acceptors (Lipinski definition) is 5. The number of aryl methyl sites for hydroxylation is 1. The molecule has 0 saturated carbocycles. The van der Waals surface area contributed by atoms with Crippen LogP contribution in [0, 0.1) is 6.92 Å². The predicted molar refractivity (Wildman–Crippen MR) is 59.4 cm³/mol. The molecule has 0 aliphatic rings. The van der Waals surface area contributed by atoms with Gasteiger partial charge in [0.1, 0.15) is 0 Å². The van der Waals surface area contributed by atoms with Crippen molar-refractivity contribution in [2.75, 3.05) is 0 Å². The number of nitrogens with one attached hydrogen (secondary N) is 1. The summed E-state index contributed by atoms with van der Waals surface area (Å²) in [7, 11) is 0. The summed E-state index contributed by atoms with van der Waals surface area (Å²) in [6.45, 7) is 3.50. The zero-order valence-electron chi connectivity index (χ0n) is 8.47. The van der Waals surface area contributed by atoms with E-state index in [9.17, 15) is 0 Å². The lowest BCUT2D eigenvalue weighted by molar-refractivity contribution is 0.664. The number of pyridine rings is 1. The van der Waals surface area contributed by atoms with Crippen molar-refractivity contribution in [1.82, 2.24) is 19.9 Å². The largest absolute Gasteiger partial charge is 0.305 e. The fraction of sp³-hybridized carbons (Fsp3) is 0.300. The lowest BCUT2D eigenvalue weighted by Crippen LogP contribution is -2.14. The van der Waals surface area contributed by atoms with E-state index in [0.29, 0.717) is 0 Å². The molecule has 0 spiro atoms. The van der Waals surface area contributed by atoms with Gasteiger partial charge in [-0.3, -0.25) is 4.98 Å². The fourth-order valence-corrected chi connectivity index (χ4v) is 1.73. The highest BCUT2D eigenvalue weighted by atomic mass is 32.1. The third-order valence-corrected chi connectivity index (χ3v) is 2.52. The molecule has 5 heteroatoms. The van der Waals surface area contributed by atoms with Crippen LogP contribution in [0.3, 0.4) is 0 Å². The van der Waals surface area contributed by atoms with Gasteiger partial charge in [0.25, 0.3) is 0 Å². The molecule has 0 atom stereocenters. The molecule has 2 heterocycles. The molecule has 0 unspecified atom stereocenters. The van der Waals surface area contributed by atoms with E-state index in [1.165, 1.54) is 11.5 Å². The van der Waals surface area contributed by atoms with E-state index in [0.717, 1.165) is 30.2 Å². The van der Waals surface area contributed by atoms with Crippen molar-refractivity contribution in [2.45, 2.75) is 20.0 Å². The molecule has 0 saturated heterocycles. The van der Waals surface area contributed by atoms with Crippen LogP contribution >= 0.6 is 11.5 Å². The van der Waals surface area contributed by atoms with E-state index in [1.54, 1.807) is 0 Å². The van der Waals surface area contributed by atoms with Crippen LogP contribution in [0.25, 0.3) is 0 Å². The van der Waals surface area contributed by atoms with Gasteiger partial charge in [0.2, 0.25) is 0 Å². The lowest BCUT2D eigenvalue weighted by Gasteiger charge is -2.02. The highest BCUT2D eigenvalue weighted by molar-refractivity contribution is 7.03. The second-order valence-electron chi connectivity index (χ2n) is 3.27. The van der Waals surface area contributed by atoms with Crippen molar-refractivity contribution in [3.8, 4) is 0 Å². The van der Waals surface area contributed by atoms with Crippen molar-refractivity contribution in [3.63, 3.8) is 0 Å². The molecule has 2 aromatic rings. The van der Waals surface area contributed by atoms with Crippen LogP contribution in [0.15, 0.2) is 23.6 Å². The van der Waals surface area contributed by atoms with Crippen molar-refractivity contribution in [3.05, 3.63) is 40.7 Å². The SMILES string of the molecule is Cc1cccc(CNCc2csnn2)n1. The monoisotopic (exact) mass is 220 g/mol. The molecule has 0 aliphatic carbocycles. The molecular formula is C10H12N4S. The smallest absolute Gasteiger partial charge is 0.0893 e. The molecule has 0 aromatic carbocycles. The normalized spacial score (nSPS) is 10.5. The quantitative estimate of drug-likeness (QED) is 0.849. The molecule has 15 heavy (non-hydrogen) atoms. The van der Waals surface area contributed by atoms with Gasteiger partial charge in [-0.15, -0.1) is 5.10 Å². The standard InChI is InChI=1S/C10H12N4S/c1-8-3-2-4-9(12-8)5-11-6-10-7-15-14-13-10/h2-4,7,11H,5-6H2,1H3. The van der Waals surface area contributed by atoms with E-state index < -0.39 is 0 Å². The molecule has 0 fully saturated rings. The molecule has 0 amide bonds. The molecule has 2 aromatic heterocycles. The van der Waals surface area contributed by atoms with Gasteiger partial charge >= 0.3 is 0 Å². The van der Waals surface area contributed by atoms with Crippen molar-refractivity contribution in [1.29, 1.82) is 0 Å². The van der Waals surface area contributed by atoms with Gasteiger partial charge < -0.3 is 5.32 Å². The molecule has 0 aliphatic heterocycles. The van der Waals surface area contributed by atoms with Crippen molar-refractivity contribution in [2.24, 2.45) is 0 Å². The van der Waals surface area contributed by atoms with Gasteiger partial charge in [-0.1, -0.05) is 10.6 Å². The zero-order valence-corrected chi connectivity index (χ0v) is 9.29. The Labute approximate surface area is 92.5 Å². The van der Waals surface area contributed by atoms with Crippen LogP contribution in [0.2, 0.25) is 0 Å².